The Labute approximate surface area is 88.6 Å². The number of hydrogen-bond acceptors (Lipinski definition) is 3. The first kappa shape index (κ1) is 10.1. The predicted octanol–water partition coefficient (Wildman–Crippen LogP) is 0.565. The first-order chi connectivity index (χ1) is 7.31. The number of carbonyl (C=O) groups excluding carboxylic acids is 1. The third-order valence-corrected chi connectivity index (χ3v) is 2.77. The molecule has 1 N–H and O–H groups in total. The summed E-state index contributed by atoms with van der Waals surface area (Å²) in [6.45, 7) is 0.628. The van der Waals surface area contributed by atoms with Gasteiger partial charge in [-0.25, -0.2) is 0 Å². The minimum absolute atomic E-state index is 0.00864. The van der Waals surface area contributed by atoms with E-state index in [0.717, 1.165) is 12.0 Å². The van der Waals surface area contributed by atoms with Crippen LogP contribution in [0.1, 0.15) is 18.4 Å². The average Bonchev–Trinajstić information content (AvgIpc) is 2.62. The maximum Gasteiger partial charge on any atom is 0.223 e. The van der Waals surface area contributed by atoms with Crippen molar-refractivity contribution < 1.29 is 9.90 Å². The van der Waals surface area contributed by atoms with Crippen molar-refractivity contribution in [3.8, 4) is 0 Å². The molecule has 1 fully saturated rings. The molecular weight excluding hydrogens is 192 g/mol. The van der Waals surface area contributed by atoms with Crippen LogP contribution in [0, 0.1) is 0 Å². The lowest BCUT2D eigenvalue weighted by Gasteiger charge is -2.23. The topological polar surface area (TPSA) is 53.4 Å². The van der Waals surface area contributed by atoms with Gasteiger partial charge in [0.1, 0.15) is 0 Å². The van der Waals surface area contributed by atoms with Gasteiger partial charge in [0.2, 0.25) is 5.91 Å². The van der Waals surface area contributed by atoms with Crippen molar-refractivity contribution in [3.05, 3.63) is 30.1 Å². The molecule has 2 heterocycles. The van der Waals surface area contributed by atoms with Crippen LogP contribution in [0.5, 0.6) is 0 Å². The van der Waals surface area contributed by atoms with Gasteiger partial charge in [0.05, 0.1) is 12.6 Å². The zero-order valence-electron chi connectivity index (χ0n) is 8.47. The zero-order chi connectivity index (χ0) is 10.7. The first-order valence-corrected chi connectivity index (χ1v) is 5.10. The fourth-order valence-corrected chi connectivity index (χ4v) is 1.89. The highest BCUT2D eigenvalue weighted by atomic mass is 16.3. The molecule has 0 bridgehead atoms. The van der Waals surface area contributed by atoms with Gasteiger partial charge in [-0.1, -0.05) is 0 Å². The van der Waals surface area contributed by atoms with Crippen molar-refractivity contribution in [2.75, 3.05) is 6.61 Å². The molecule has 1 aliphatic rings. The number of amides is 1. The number of hydrogen-bond donors (Lipinski definition) is 1. The Hall–Kier alpha value is -1.42. The van der Waals surface area contributed by atoms with E-state index in [-0.39, 0.29) is 18.6 Å². The number of pyridine rings is 1. The van der Waals surface area contributed by atoms with E-state index in [1.807, 2.05) is 12.1 Å². The molecule has 1 atom stereocenters. The van der Waals surface area contributed by atoms with E-state index in [9.17, 15) is 4.79 Å². The maximum atomic E-state index is 11.5. The number of likely N-dealkylation sites (tertiary alicyclic amines) is 1. The average molecular weight is 206 g/mol. The van der Waals surface area contributed by atoms with Gasteiger partial charge in [-0.15, -0.1) is 0 Å². The fourth-order valence-electron chi connectivity index (χ4n) is 1.89. The summed E-state index contributed by atoms with van der Waals surface area (Å²) in [5.41, 5.74) is 1.05. The Bertz CT molecular complexity index is 340. The van der Waals surface area contributed by atoms with Gasteiger partial charge in [-0.2, -0.15) is 0 Å². The summed E-state index contributed by atoms with van der Waals surface area (Å²) in [7, 11) is 0. The second-order valence-corrected chi connectivity index (χ2v) is 3.75. The van der Waals surface area contributed by atoms with E-state index >= 15 is 0 Å². The standard InChI is InChI=1S/C11H14N2O2/c14-8-10-1-2-11(15)13(10)7-9-3-5-12-6-4-9/h3-6,10,14H,1-2,7-8H2/t10-/m0/s1. The Morgan fingerprint density at radius 1 is 1.47 bits per heavy atom. The van der Waals surface area contributed by atoms with Crippen molar-refractivity contribution in [3.63, 3.8) is 0 Å². The van der Waals surface area contributed by atoms with E-state index in [4.69, 9.17) is 5.11 Å². The first-order valence-electron chi connectivity index (χ1n) is 5.10. The maximum absolute atomic E-state index is 11.5. The van der Waals surface area contributed by atoms with E-state index in [2.05, 4.69) is 4.98 Å². The molecule has 4 nitrogen and oxygen atoms in total. The molecule has 0 saturated carbocycles. The van der Waals surface area contributed by atoms with Crippen LogP contribution in [0.3, 0.4) is 0 Å². The molecule has 1 aromatic rings. The summed E-state index contributed by atoms with van der Waals surface area (Å²) in [5.74, 6) is 0.130. The summed E-state index contributed by atoms with van der Waals surface area (Å²) in [4.78, 5) is 17.2. The molecule has 1 amide bonds. The van der Waals surface area contributed by atoms with E-state index in [0.29, 0.717) is 13.0 Å². The summed E-state index contributed by atoms with van der Waals surface area (Å²) >= 11 is 0. The van der Waals surface area contributed by atoms with E-state index < -0.39 is 0 Å². The van der Waals surface area contributed by atoms with Gasteiger partial charge in [-0.05, 0) is 24.1 Å². The molecule has 80 valence electrons. The van der Waals surface area contributed by atoms with Gasteiger partial charge in [0, 0.05) is 25.4 Å². The summed E-state index contributed by atoms with van der Waals surface area (Å²) in [6, 6.07) is 3.77. The minimum Gasteiger partial charge on any atom is -0.394 e. The van der Waals surface area contributed by atoms with Crippen molar-refractivity contribution in [2.24, 2.45) is 0 Å². The molecule has 4 heteroatoms. The molecule has 1 aromatic heterocycles. The molecule has 2 rings (SSSR count). The normalized spacial score (nSPS) is 21.0. The Balaban J connectivity index is 2.07. The van der Waals surface area contributed by atoms with E-state index in [1.165, 1.54) is 0 Å². The smallest absolute Gasteiger partial charge is 0.223 e. The Morgan fingerprint density at radius 3 is 2.87 bits per heavy atom. The van der Waals surface area contributed by atoms with Crippen LogP contribution in [-0.2, 0) is 11.3 Å². The quantitative estimate of drug-likeness (QED) is 0.786. The molecule has 15 heavy (non-hydrogen) atoms. The number of carbonyl (C=O) groups is 1. The predicted molar refractivity (Wildman–Crippen MR) is 54.9 cm³/mol. The third-order valence-electron chi connectivity index (χ3n) is 2.77. The Kier molecular flexibility index (Phi) is 2.97. The number of nitrogens with zero attached hydrogens (tertiary/aromatic N) is 2. The zero-order valence-corrected chi connectivity index (χ0v) is 8.47. The highest BCUT2D eigenvalue weighted by Gasteiger charge is 2.29. The lowest BCUT2D eigenvalue weighted by molar-refractivity contribution is -0.130. The van der Waals surface area contributed by atoms with Gasteiger partial charge in [0.25, 0.3) is 0 Å². The van der Waals surface area contributed by atoms with Crippen molar-refractivity contribution in [1.29, 1.82) is 0 Å². The summed E-state index contributed by atoms with van der Waals surface area (Å²) < 4.78 is 0. The van der Waals surface area contributed by atoms with Crippen molar-refractivity contribution >= 4 is 5.91 Å². The number of aliphatic hydroxyl groups is 1. The number of aliphatic hydroxyl groups excluding tert-OH is 1. The SMILES string of the molecule is O=C1CC[C@@H](CO)N1Cc1ccncc1. The van der Waals surface area contributed by atoms with Crippen LogP contribution in [0.15, 0.2) is 24.5 Å². The molecule has 0 radical (unpaired) electrons. The van der Waals surface area contributed by atoms with Gasteiger partial charge < -0.3 is 10.0 Å². The monoisotopic (exact) mass is 206 g/mol. The van der Waals surface area contributed by atoms with Crippen molar-refractivity contribution in [2.45, 2.75) is 25.4 Å². The van der Waals surface area contributed by atoms with Crippen molar-refractivity contribution in [1.82, 2.24) is 9.88 Å². The van der Waals surface area contributed by atoms with Gasteiger partial charge >= 0.3 is 0 Å². The summed E-state index contributed by atoms with van der Waals surface area (Å²) in [5, 5.41) is 9.13. The van der Waals surface area contributed by atoms with Crippen LogP contribution < -0.4 is 0 Å². The molecule has 1 saturated heterocycles. The Morgan fingerprint density at radius 2 is 2.20 bits per heavy atom. The van der Waals surface area contributed by atoms with Crippen LogP contribution in [0.25, 0.3) is 0 Å². The largest absolute Gasteiger partial charge is 0.394 e. The number of aromatic nitrogens is 1. The molecule has 0 unspecified atom stereocenters. The van der Waals surface area contributed by atoms with E-state index in [1.54, 1.807) is 17.3 Å². The van der Waals surface area contributed by atoms with Crippen LogP contribution >= 0.6 is 0 Å². The second-order valence-electron chi connectivity index (χ2n) is 3.75. The molecule has 0 aliphatic carbocycles. The highest BCUT2D eigenvalue weighted by molar-refractivity contribution is 5.78. The molecule has 0 spiro atoms. The van der Waals surface area contributed by atoms with Gasteiger partial charge in [-0.3, -0.25) is 9.78 Å². The third kappa shape index (κ3) is 2.15. The highest BCUT2D eigenvalue weighted by Crippen LogP contribution is 2.20. The van der Waals surface area contributed by atoms with Crippen LogP contribution in [0.2, 0.25) is 0 Å². The number of rotatable bonds is 3. The van der Waals surface area contributed by atoms with Crippen LogP contribution in [-0.4, -0.2) is 33.5 Å². The second kappa shape index (κ2) is 4.40. The molecule has 0 aromatic carbocycles. The molecular formula is C11H14N2O2. The lowest BCUT2D eigenvalue weighted by atomic mass is 10.2. The van der Waals surface area contributed by atoms with Gasteiger partial charge in [0.15, 0.2) is 0 Å². The minimum atomic E-state index is -0.00864. The molecule has 1 aliphatic heterocycles. The lowest BCUT2D eigenvalue weighted by Crippen LogP contribution is -2.34. The van der Waals surface area contributed by atoms with Crippen LogP contribution in [0.4, 0.5) is 0 Å². The fraction of sp³-hybridized carbons (Fsp3) is 0.455. The summed E-state index contributed by atoms with van der Waals surface area (Å²) in [6.07, 6.45) is 4.74.